The van der Waals surface area contributed by atoms with Gasteiger partial charge in [0.25, 0.3) is 0 Å². The van der Waals surface area contributed by atoms with Crippen molar-refractivity contribution in [1.29, 1.82) is 0 Å². The normalized spacial score (nSPS) is 9.50. The van der Waals surface area contributed by atoms with E-state index in [0.29, 0.717) is 11.5 Å². The molecule has 2 nitrogen and oxygen atoms in total. The van der Waals surface area contributed by atoms with E-state index in [9.17, 15) is 0 Å². The largest absolute Gasteiger partial charge is 1.00 e. The first-order valence-electron chi connectivity index (χ1n) is 4.47. The Bertz CT molecular complexity index is 396. The van der Waals surface area contributed by atoms with Crippen LogP contribution in [0.4, 0.5) is 0 Å². The summed E-state index contributed by atoms with van der Waals surface area (Å²) in [4.78, 5) is 0. The quantitative estimate of drug-likeness (QED) is 0.515. The Morgan fingerprint density at radius 3 is 1.25 bits per heavy atom. The first kappa shape index (κ1) is 13.3. The summed E-state index contributed by atoms with van der Waals surface area (Å²) in [5, 5.41) is 18.3. The number of phenolic OH excluding ortho intramolecular Hbond substituents is 2. The molecule has 2 rings (SSSR count). The molecule has 4 heteroatoms. The molecule has 0 spiro atoms. The van der Waals surface area contributed by atoms with Gasteiger partial charge in [-0.2, -0.15) is 0 Å². The van der Waals surface area contributed by atoms with Gasteiger partial charge >= 0.3 is 21.2 Å². The average molecular weight is 393 g/mol. The zero-order valence-electron chi connectivity index (χ0n) is 8.27. The van der Waals surface area contributed by atoms with Crippen molar-refractivity contribution in [3.05, 3.63) is 55.7 Å². The molecule has 0 radical (unpaired) electrons. The topological polar surface area (TPSA) is 40.5 Å². The zero-order valence-corrected chi connectivity index (χ0v) is 12.0. The highest BCUT2D eigenvalue weighted by Crippen LogP contribution is 2.05. The summed E-state index contributed by atoms with van der Waals surface area (Å²) in [6, 6.07) is 14.6. The zero-order chi connectivity index (χ0) is 10.7. The van der Waals surface area contributed by atoms with Crippen LogP contribution >= 0.6 is 0 Å². The number of aromatic hydroxyl groups is 2. The number of phenols is 2. The fraction of sp³-hybridized carbons (Fsp3) is 0. The summed E-state index contributed by atoms with van der Waals surface area (Å²) in [6.07, 6.45) is 0. The molecule has 0 aromatic heterocycles. The predicted molar refractivity (Wildman–Crippen MR) is 53.6 cm³/mol. The van der Waals surface area contributed by atoms with Crippen molar-refractivity contribution in [3.63, 3.8) is 0 Å². The Hall–Kier alpha value is -0.750. The molecule has 0 saturated heterocycles. The van der Waals surface area contributed by atoms with Crippen LogP contribution in [-0.2, 0) is 0 Å². The molecule has 16 heavy (non-hydrogen) atoms. The van der Waals surface area contributed by atoms with Crippen LogP contribution in [0.5, 0.6) is 11.5 Å². The van der Waals surface area contributed by atoms with Crippen molar-refractivity contribution in [2.24, 2.45) is 0 Å². The number of halogens is 2. The van der Waals surface area contributed by atoms with Crippen molar-refractivity contribution in [2.45, 2.75) is 0 Å². The standard InChI is InChI=1S/C12H9IO2.BrH/c14-11-5-1-9(2-6-11)13-10-3-7-12(15)8-4-10;/h1-8H,(H-,14,15);1H. The van der Waals surface area contributed by atoms with Gasteiger partial charge in [0.05, 0.1) is 0 Å². The van der Waals surface area contributed by atoms with E-state index in [0.717, 1.165) is 0 Å². The second-order valence-electron chi connectivity index (χ2n) is 3.05. The molecule has 0 bridgehead atoms. The highest BCUT2D eigenvalue weighted by atomic mass is 127. The molecule has 0 unspecified atom stereocenters. The van der Waals surface area contributed by atoms with E-state index in [1.807, 2.05) is 24.3 Å². The molecular weight excluding hydrogens is 383 g/mol. The molecular formula is C12H10BrIO2. The SMILES string of the molecule is Oc1ccc([I+]c2ccc(O)cc2)cc1.[Br-]. The van der Waals surface area contributed by atoms with Crippen LogP contribution in [0.15, 0.2) is 48.5 Å². The number of benzene rings is 2. The molecule has 2 N–H and O–H groups in total. The number of rotatable bonds is 2. The summed E-state index contributed by atoms with van der Waals surface area (Å²) in [5.41, 5.74) is 0. The van der Waals surface area contributed by atoms with Gasteiger partial charge in [0.1, 0.15) is 11.5 Å². The molecule has 2 aromatic carbocycles. The molecule has 84 valence electrons. The molecule has 0 saturated carbocycles. The molecule has 0 atom stereocenters. The van der Waals surface area contributed by atoms with Crippen LogP contribution < -0.4 is 38.2 Å². The van der Waals surface area contributed by atoms with Crippen molar-refractivity contribution >= 4 is 0 Å². The van der Waals surface area contributed by atoms with Gasteiger partial charge in [-0.25, -0.2) is 0 Å². The average Bonchev–Trinajstić information content (AvgIpc) is 2.25. The third-order valence-electron chi connectivity index (χ3n) is 1.87. The smallest absolute Gasteiger partial charge is 0.357 e. The van der Waals surface area contributed by atoms with Crippen LogP contribution in [0.25, 0.3) is 0 Å². The minimum atomic E-state index is -0.219. The van der Waals surface area contributed by atoms with Crippen molar-refractivity contribution in [2.75, 3.05) is 0 Å². The van der Waals surface area contributed by atoms with Gasteiger partial charge in [0.2, 0.25) is 0 Å². The van der Waals surface area contributed by atoms with Crippen LogP contribution in [0.3, 0.4) is 0 Å². The van der Waals surface area contributed by atoms with Crippen molar-refractivity contribution in [3.8, 4) is 11.5 Å². The lowest BCUT2D eigenvalue weighted by molar-refractivity contribution is -0.597. The maximum atomic E-state index is 9.14. The summed E-state index contributed by atoms with van der Waals surface area (Å²) in [5.74, 6) is 0.599. The molecule has 0 aliphatic heterocycles. The van der Waals surface area contributed by atoms with Crippen LogP contribution in [0.1, 0.15) is 0 Å². The molecule has 0 aliphatic carbocycles. The Morgan fingerprint density at radius 1 is 0.625 bits per heavy atom. The molecule has 0 heterocycles. The number of hydrogen-bond donors (Lipinski definition) is 2. The van der Waals surface area contributed by atoms with E-state index in [2.05, 4.69) is 0 Å². The minimum absolute atomic E-state index is 0. The highest BCUT2D eigenvalue weighted by Gasteiger charge is 2.14. The monoisotopic (exact) mass is 392 g/mol. The van der Waals surface area contributed by atoms with E-state index in [-0.39, 0.29) is 38.2 Å². The third kappa shape index (κ3) is 3.68. The van der Waals surface area contributed by atoms with E-state index < -0.39 is 0 Å². The van der Waals surface area contributed by atoms with Crippen LogP contribution in [0.2, 0.25) is 0 Å². The van der Waals surface area contributed by atoms with E-state index >= 15 is 0 Å². The van der Waals surface area contributed by atoms with Gasteiger partial charge in [-0.3, -0.25) is 0 Å². The minimum Gasteiger partial charge on any atom is -1.00 e. The highest BCUT2D eigenvalue weighted by molar-refractivity contribution is 5.20. The molecule has 0 fully saturated rings. The fourth-order valence-corrected chi connectivity index (χ4v) is 3.29. The maximum Gasteiger partial charge on any atom is 0.357 e. The van der Waals surface area contributed by atoms with Crippen LogP contribution in [-0.4, -0.2) is 10.2 Å². The lowest BCUT2D eigenvalue weighted by atomic mass is 10.3. The fourth-order valence-electron chi connectivity index (χ4n) is 1.13. The van der Waals surface area contributed by atoms with E-state index in [1.165, 1.54) is 7.14 Å². The maximum absolute atomic E-state index is 9.14. The van der Waals surface area contributed by atoms with Gasteiger partial charge in [-0.1, -0.05) is 0 Å². The summed E-state index contributed by atoms with van der Waals surface area (Å²) >= 11 is -0.219. The molecule has 0 amide bonds. The number of hydrogen-bond acceptors (Lipinski definition) is 2. The van der Waals surface area contributed by atoms with Gasteiger partial charge in [0.15, 0.2) is 7.14 Å². The van der Waals surface area contributed by atoms with Gasteiger partial charge in [-0.15, -0.1) is 0 Å². The van der Waals surface area contributed by atoms with Crippen LogP contribution in [0, 0.1) is 7.14 Å². The summed E-state index contributed by atoms with van der Waals surface area (Å²) in [7, 11) is 0. The molecule has 0 aliphatic rings. The first-order chi connectivity index (χ1) is 7.24. The second-order valence-corrected chi connectivity index (χ2v) is 6.08. The predicted octanol–water partition coefficient (Wildman–Crippen LogP) is -3.77. The first-order valence-corrected chi connectivity index (χ1v) is 6.63. The lowest BCUT2D eigenvalue weighted by Crippen LogP contribution is -3.61. The Kier molecular flexibility index (Phi) is 5.08. The molecule has 2 aromatic rings. The second kappa shape index (κ2) is 6.10. The van der Waals surface area contributed by atoms with Crippen molar-refractivity contribution in [1.82, 2.24) is 0 Å². The Balaban J connectivity index is 0.00000128. The Labute approximate surface area is 115 Å². The summed E-state index contributed by atoms with van der Waals surface area (Å²) < 4.78 is 2.49. The lowest BCUT2D eigenvalue weighted by Gasteiger charge is -1.90. The Morgan fingerprint density at radius 2 is 0.938 bits per heavy atom. The van der Waals surface area contributed by atoms with Crippen molar-refractivity contribution < 1.29 is 48.4 Å². The van der Waals surface area contributed by atoms with Gasteiger partial charge in [0, 0.05) is 0 Å². The third-order valence-corrected chi connectivity index (χ3v) is 4.56. The van der Waals surface area contributed by atoms with Gasteiger partial charge < -0.3 is 27.2 Å². The van der Waals surface area contributed by atoms with Gasteiger partial charge in [-0.05, 0) is 48.5 Å². The van der Waals surface area contributed by atoms with E-state index in [1.54, 1.807) is 24.3 Å². The summed E-state index contributed by atoms with van der Waals surface area (Å²) in [6.45, 7) is 0. The van der Waals surface area contributed by atoms with E-state index in [4.69, 9.17) is 10.2 Å².